The van der Waals surface area contributed by atoms with Crippen LogP contribution in [0.25, 0.3) is 20.3 Å². The van der Waals surface area contributed by atoms with Crippen LogP contribution in [0.4, 0.5) is 5.13 Å². The number of hydrogen-bond acceptors (Lipinski definition) is 5. The Balaban J connectivity index is 1.76. The minimum absolute atomic E-state index is 0.122. The van der Waals surface area contributed by atoms with E-state index in [2.05, 4.69) is 18.7 Å². The molecule has 2 heterocycles. The van der Waals surface area contributed by atoms with Crippen LogP contribution in [0.1, 0.15) is 23.5 Å². The molecular weight excluding hydrogens is 457 g/mol. The van der Waals surface area contributed by atoms with Crippen LogP contribution in [0.2, 0.25) is 10.0 Å². The van der Waals surface area contributed by atoms with E-state index in [1.807, 2.05) is 42.5 Å². The Hall–Kier alpha value is -1.70. The molecule has 0 aliphatic heterocycles. The molecule has 0 bridgehead atoms. The summed E-state index contributed by atoms with van der Waals surface area (Å²) in [6.45, 7) is 7.38. The summed E-state index contributed by atoms with van der Waals surface area (Å²) < 4.78 is 1.96. The number of nitrogens with zero attached hydrogens (tertiary/aromatic N) is 3. The van der Waals surface area contributed by atoms with Crippen molar-refractivity contribution in [3.05, 3.63) is 57.4 Å². The van der Waals surface area contributed by atoms with Crippen molar-refractivity contribution in [3.63, 3.8) is 0 Å². The molecule has 2 aromatic heterocycles. The molecule has 0 radical (unpaired) electrons. The molecule has 8 heteroatoms. The lowest BCUT2D eigenvalue weighted by Crippen LogP contribution is -2.38. The van der Waals surface area contributed by atoms with Gasteiger partial charge < -0.3 is 4.90 Å². The van der Waals surface area contributed by atoms with Crippen molar-refractivity contribution in [1.82, 2.24) is 9.88 Å². The van der Waals surface area contributed by atoms with E-state index in [1.54, 1.807) is 4.90 Å². The number of carbonyl (C=O) groups excluding carboxylic acids is 1. The van der Waals surface area contributed by atoms with E-state index in [-0.39, 0.29) is 5.91 Å². The predicted octanol–water partition coefficient (Wildman–Crippen LogP) is 6.81. The van der Waals surface area contributed by atoms with Gasteiger partial charge in [-0.1, -0.05) is 72.7 Å². The van der Waals surface area contributed by atoms with Crippen LogP contribution in [0.3, 0.4) is 0 Å². The van der Waals surface area contributed by atoms with Gasteiger partial charge >= 0.3 is 0 Å². The van der Waals surface area contributed by atoms with E-state index in [9.17, 15) is 4.79 Å². The zero-order chi connectivity index (χ0) is 21.3. The molecule has 4 aromatic rings. The summed E-state index contributed by atoms with van der Waals surface area (Å²) in [5.41, 5.74) is 0.724. The van der Waals surface area contributed by atoms with Crippen molar-refractivity contribution in [3.8, 4) is 0 Å². The van der Waals surface area contributed by atoms with Crippen LogP contribution in [-0.4, -0.2) is 42.0 Å². The Morgan fingerprint density at radius 2 is 1.70 bits per heavy atom. The number of carbonyl (C=O) groups is 1. The van der Waals surface area contributed by atoms with Gasteiger partial charge in [0.1, 0.15) is 10.4 Å². The van der Waals surface area contributed by atoms with Crippen LogP contribution in [0, 0.1) is 0 Å². The molecule has 0 unspecified atom stereocenters. The fraction of sp³-hybridized carbons (Fsp3) is 0.273. The fourth-order valence-electron chi connectivity index (χ4n) is 3.36. The second kappa shape index (κ2) is 9.20. The maximum absolute atomic E-state index is 13.7. The number of aromatic nitrogens is 1. The molecule has 2 aromatic carbocycles. The molecule has 1 amide bonds. The molecular formula is C22H21Cl2N3OS2. The van der Waals surface area contributed by atoms with Crippen LogP contribution < -0.4 is 4.90 Å². The Morgan fingerprint density at radius 3 is 2.40 bits per heavy atom. The van der Waals surface area contributed by atoms with E-state index in [0.717, 1.165) is 39.9 Å². The molecule has 0 atom stereocenters. The van der Waals surface area contributed by atoms with Crippen molar-refractivity contribution in [1.29, 1.82) is 0 Å². The van der Waals surface area contributed by atoms with Gasteiger partial charge in [-0.3, -0.25) is 9.69 Å². The molecule has 4 rings (SSSR count). The molecule has 0 fully saturated rings. The van der Waals surface area contributed by atoms with Gasteiger partial charge in [0.05, 0.1) is 14.7 Å². The summed E-state index contributed by atoms with van der Waals surface area (Å²) in [5.74, 6) is -0.122. The summed E-state index contributed by atoms with van der Waals surface area (Å²) in [4.78, 5) is 22.9. The highest BCUT2D eigenvalue weighted by molar-refractivity contribution is 7.23. The average molecular weight is 478 g/mol. The SMILES string of the molecule is CCN(CC)CCN(C(=O)c1sc2ccccc2c1Cl)c1nc2c(Cl)cccc2s1. The average Bonchev–Trinajstić information content (AvgIpc) is 3.33. The van der Waals surface area contributed by atoms with Gasteiger partial charge in [0.15, 0.2) is 5.13 Å². The molecule has 0 saturated heterocycles. The normalized spacial score (nSPS) is 11.6. The van der Waals surface area contributed by atoms with Crippen LogP contribution in [0.5, 0.6) is 0 Å². The molecule has 30 heavy (non-hydrogen) atoms. The topological polar surface area (TPSA) is 36.4 Å². The summed E-state index contributed by atoms with van der Waals surface area (Å²) in [6, 6.07) is 13.5. The second-order valence-corrected chi connectivity index (χ2v) is 9.65. The van der Waals surface area contributed by atoms with Crippen molar-refractivity contribution >= 4 is 77.2 Å². The van der Waals surface area contributed by atoms with Gasteiger partial charge in [0, 0.05) is 23.2 Å². The smallest absolute Gasteiger partial charge is 0.271 e. The Bertz CT molecular complexity index is 1200. The van der Waals surface area contributed by atoms with Crippen LogP contribution >= 0.6 is 45.9 Å². The highest BCUT2D eigenvalue weighted by Gasteiger charge is 2.26. The number of fused-ring (bicyclic) bond motifs is 2. The third-order valence-corrected chi connectivity index (χ3v) is 8.11. The Labute approximate surface area is 193 Å². The van der Waals surface area contributed by atoms with E-state index >= 15 is 0 Å². The quantitative estimate of drug-likeness (QED) is 0.293. The number of amides is 1. The lowest BCUT2D eigenvalue weighted by molar-refractivity contribution is 0.0988. The molecule has 156 valence electrons. The van der Waals surface area contributed by atoms with E-state index < -0.39 is 0 Å². The monoisotopic (exact) mass is 477 g/mol. The van der Waals surface area contributed by atoms with Gasteiger partial charge in [-0.15, -0.1) is 11.3 Å². The van der Waals surface area contributed by atoms with E-state index in [4.69, 9.17) is 28.2 Å². The standard InChI is InChI=1S/C22H21Cl2N3OS2/c1-3-26(4-2)12-13-27(22-25-19-15(23)9-7-11-17(19)30-22)21(28)20-18(24)14-8-5-6-10-16(14)29-20/h5-11H,3-4,12-13H2,1-2H3. The van der Waals surface area contributed by atoms with Crippen molar-refractivity contribution in [2.45, 2.75) is 13.8 Å². The largest absolute Gasteiger partial charge is 0.302 e. The van der Waals surface area contributed by atoms with Crippen LogP contribution in [0.15, 0.2) is 42.5 Å². The maximum atomic E-state index is 13.7. The van der Waals surface area contributed by atoms with E-state index in [1.165, 1.54) is 22.7 Å². The van der Waals surface area contributed by atoms with Gasteiger partial charge in [0.25, 0.3) is 5.91 Å². The van der Waals surface area contributed by atoms with Gasteiger partial charge in [-0.25, -0.2) is 4.98 Å². The molecule has 0 aliphatic rings. The predicted molar refractivity (Wildman–Crippen MR) is 131 cm³/mol. The lowest BCUT2D eigenvalue weighted by Gasteiger charge is -2.24. The maximum Gasteiger partial charge on any atom is 0.271 e. The Kier molecular flexibility index (Phi) is 6.60. The first-order valence-electron chi connectivity index (χ1n) is 9.79. The minimum atomic E-state index is -0.122. The highest BCUT2D eigenvalue weighted by atomic mass is 35.5. The number of benzene rings is 2. The summed E-state index contributed by atoms with van der Waals surface area (Å²) in [5, 5.41) is 2.64. The highest BCUT2D eigenvalue weighted by Crippen LogP contribution is 2.38. The van der Waals surface area contributed by atoms with Gasteiger partial charge in [0.2, 0.25) is 0 Å². The molecule has 0 N–H and O–H groups in total. The molecule has 4 nitrogen and oxygen atoms in total. The molecule has 0 aliphatic carbocycles. The summed E-state index contributed by atoms with van der Waals surface area (Å²) in [6.07, 6.45) is 0. The third kappa shape index (κ3) is 4.07. The first-order chi connectivity index (χ1) is 14.5. The summed E-state index contributed by atoms with van der Waals surface area (Å²) in [7, 11) is 0. The molecule has 0 saturated carbocycles. The number of para-hydroxylation sites is 1. The number of halogens is 2. The number of rotatable bonds is 7. The fourth-order valence-corrected chi connectivity index (χ4v) is 6.11. The minimum Gasteiger partial charge on any atom is -0.302 e. The van der Waals surface area contributed by atoms with Crippen LogP contribution in [-0.2, 0) is 0 Å². The van der Waals surface area contributed by atoms with Gasteiger partial charge in [-0.2, -0.15) is 0 Å². The zero-order valence-electron chi connectivity index (χ0n) is 16.7. The third-order valence-electron chi connectivity index (χ3n) is 5.10. The second-order valence-electron chi connectivity index (χ2n) is 6.81. The zero-order valence-corrected chi connectivity index (χ0v) is 19.8. The van der Waals surface area contributed by atoms with Gasteiger partial charge in [-0.05, 0) is 31.3 Å². The first-order valence-corrected chi connectivity index (χ1v) is 12.2. The number of thiazole rings is 1. The number of hydrogen-bond donors (Lipinski definition) is 0. The molecule has 0 spiro atoms. The van der Waals surface area contributed by atoms with E-state index in [0.29, 0.717) is 26.6 Å². The van der Waals surface area contributed by atoms with Crippen molar-refractivity contribution in [2.75, 3.05) is 31.1 Å². The number of thiophene rings is 1. The lowest BCUT2D eigenvalue weighted by atomic mass is 10.2. The Morgan fingerprint density at radius 1 is 0.967 bits per heavy atom. The number of anilines is 1. The summed E-state index contributed by atoms with van der Waals surface area (Å²) >= 11 is 15.9. The first kappa shape index (κ1) is 21.5. The van der Waals surface area contributed by atoms with Crippen molar-refractivity contribution < 1.29 is 4.79 Å². The number of likely N-dealkylation sites (N-methyl/N-ethyl adjacent to an activating group) is 1. The van der Waals surface area contributed by atoms with Crippen molar-refractivity contribution in [2.24, 2.45) is 0 Å².